The first-order valence-corrected chi connectivity index (χ1v) is 34.3. The molecular weight excluding hydrogens is 1460 g/mol. The Morgan fingerprint density at radius 1 is 0.611 bits per heavy atom. The second-order valence-electron chi connectivity index (χ2n) is 21.9. The van der Waals surface area contributed by atoms with Gasteiger partial charge in [0.25, 0.3) is 0 Å². The molecule has 5 heterocycles. The van der Waals surface area contributed by atoms with Crippen molar-refractivity contribution in [2.75, 3.05) is 7.15 Å². The van der Waals surface area contributed by atoms with E-state index in [4.69, 9.17) is 21.5 Å². The van der Waals surface area contributed by atoms with Gasteiger partial charge in [-0.05, 0) is 180 Å². The van der Waals surface area contributed by atoms with Crippen LogP contribution in [0.1, 0.15) is 183 Å². The van der Waals surface area contributed by atoms with Crippen molar-refractivity contribution in [2.24, 2.45) is 5.73 Å². The molecule has 489 valence electrons. The van der Waals surface area contributed by atoms with Crippen LogP contribution in [-0.4, -0.2) is 64.7 Å². The van der Waals surface area contributed by atoms with Crippen LogP contribution in [-0.2, 0) is 36.6 Å². The van der Waals surface area contributed by atoms with Crippen LogP contribution in [0.5, 0.6) is 0 Å². The number of carbonyl (C=O) groups excluding carboxylic acids is 1. The van der Waals surface area contributed by atoms with Gasteiger partial charge in [-0.1, -0.05) is 175 Å². The van der Waals surface area contributed by atoms with Crippen LogP contribution in [0.15, 0.2) is 201 Å². The summed E-state index contributed by atoms with van der Waals surface area (Å²) in [6.45, 7) is 28.4. The van der Waals surface area contributed by atoms with E-state index < -0.39 is 35.4 Å². The quantitative estimate of drug-likeness (QED) is 0.0675. The molecule has 1 fully saturated rings. The molecule has 3 N–H and O–H groups in total. The van der Waals surface area contributed by atoms with E-state index >= 15 is 0 Å². The van der Waals surface area contributed by atoms with Crippen LogP contribution in [0.4, 0.5) is 4.39 Å². The summed E-state index contributed by atoms with van der Waals surface area (Å²) in [6.07, 6.45) is 6.40. The van der Waals surface area contributed by atoms with E-state index in [2.05, 4.69) is 183 Å². The minimum absolute atomic E-state index is 0. The van der Waals surface area contributed by atoms with Crippen molar-refractivity contribution in [1.29, 1.82) is 0 Å². The number of aliphatic hydroxyl groups excluding tert-OH is 1. The van der Waals surface area contributed by atoms with Crippen molar-refractivity contribution in [3.05, 3.63) is 259 Å². The number of pyridine rings is 4. The maximum absolute atomic E-state index is 12.8. The molecule has 0 saturated carbocycles. The van der Waals surface area contributed by atoms with Gasteiger partial charge in [0.05, 0.1) is 37.2 Å². The number of benzene rings is 4. The molecule has 8 aromatic rings. The molecule has 1 aliphatic rings. The number of halogens is 5. The van der Waals surface area contributed by atoms with Gasteiger partial charge in [-0.2, -0.15) is 0 Å². The summed E-state index contributed by atoms with van der Waals surface area (Å²) < 4.78 is 60.2. The van der Waals surface area contributed by atoms with Crippen molar-refractivity contribution in [1.82, 2.24) is 19.9 Å². The number of alkyl halides is 1. The first-order chi connectivity index (χ1) is 42.0. The van der Waals surface area contributed by atoms with Crippen LogP contribution in [0, 0.1) is 21.3 Å². The minimum atomic E-state index is -3.83. The van der Waals surface area contributed by atoms with Gasteiger partial charge in [0.15, 0.2) is 5.78 Å². The molecule has 1 aliphatic heterocycles. The summed E-state index contributed by atoms with van der Waals surface area (Å²) in [5.41, 5.74) is 15.6. The molecule has 4 aromatic carbocycles. The Morgan fingerprint density at radius 2 is 1.00 bits per heavy atom. The maximum atomic E-state index is 12.8. The third-order valence-corrected chi connectivity index (χ3v) is 16.9. The fourth-order valence-corrected chi connectivity index (χ4v) is 11.0. The summed E-state index contributed by atoms with van der Waals surface area (Å²) in [5, 5.41) is 9.11. The number of rotatable bonds is 12. The van der Waals surface area contributed by atoms with Crippen LogP contribution in [0.3, 0.4) is 0 Å². The summed E-state index contributed by atoms with van der Waals surface area (Å²) in [4.78, 5) is 27.5. The molecule has 0 amide bonds. The molecule has 1 saturated heterocycles. The van der Waals surface area contributed by atoms with Crippen molar-refractivity contribution in [2.45, 2.75) is 156 Å². The van der Waals surface area contributed by atoms with Crippen molar-refractivity contribution >= 4 is 85.9 Å². The van der Waals surface area contributed by atoms with Crippen LogP contribution in [0.25, 0.3) is 4.72 Å². The van der Waals surface area contributed by atoms with Gasteiger partial charge < -0.3 is 32.3 Å². The standard InChI is InChI=1S/C21H21N2O2S.C14H22BNO2.C10H14.C8H10BrN.C7H8BrNO.C7H6BrNO.CH3F.CH4.CH3.ClH.Ru/c1-16-12-14-19(15-13-16)26(24,25)23-21(18-10-6-3-7-11-18)20(22)17-8-4-2-5-9-17;1-10(2)12-11(8-7-9-16-12)15-17-13(3,4)14(5,6)18-15;1-8(2)10-6-4-9(3)5-7-10;1-6(2)8-7(9)4-3-5-10-8;2*1-5(10)7-6(8)3-2-4-9-7;1-2;;;;/h2-15,20-21H,22H2,1H3;7-10H,1-6H3;4-8H,1-3H3;3-6H,1-2H3;2-5,10H,1H3;2-4H,1H3;1H3;1H4;1H3;1H;/q-1;;;;;;;;-1;;+3/p-1/t20-,21-;;;;5-;;;;;;/m0...0....../s1/i;;;;;;1D;;;;. The van der Waals surface area contributed by atoms with Gasteiger partial charge in [-0.25, -0.2) is 8.42 Å². The first kappa shape index (κ1) is 83.3. The van der Waals surface area contributed by atoms with E-state index in [0.29, 0.717) is 29.1 Å². The Bertz CT molecular complexity index is 3360. The first-order valence-electron chi connectivity index (χ1n) is 28.9. The van der Waals surface area contributed by atoms with E-state index in [0.717, 1.165) is 47.0 Å². The van der Waals surface area contributed by atoms with Crippen molar-refractivity contribution in [3.8, 4) is 0 Å². The van der Waals surface area contributed by atoms with Gasteiger partial charge in [0.1, 0.15) is 15.7 Å². The number of hydrogen-bond donors (Lipinski definition) is 2. The topological polar surface area (TPSA) is 182 Å². The van der Waals surface area contributed by atoms with E-state index in [1.807, 2.05) is 134 Å². The number of carbonyl (C=O) groups is 1. The number of Topliss-reactive ketones (excluding diaryl/α,β-unsaturated/α-hetero) is 1. The molecule has 0 aliphatic carbocycles. The van der Waals surface area contributed by atoms with Crippen molar-refractivity contribution in [3.63, 3.8) is 0 Å². The monoisotopic (exact) mass is 1550 g/mol. The number of aromatic nitrogens is 4. The summed E-state index contributed by atoms with van der Waals surface area (Å²) in [5.74, 6) is 1.49. The van der Waals surface area contributed by atoms with E-state index in [1.54, 1.807) is 55.7 Å². The molecule has 90 heavy (non-hydrogen) atoms. The third kappa shape index (κ3) is 28.2. The molecule has 0 radical (unpaired) electrons. The zero-order valence-corrected chi connectivity index (χ0v) is 61.6. The molecule has 4 aromatic heterocycles. The van der Waals surface area contributed by atoms with Crippen LogP contribution < -0.4 is 11.2 Å². The van der Waals surface area contributed by atoms with E-state index in [1.165, 1.54) is 18.1 Å². The summed E-state index contributed by atoms with van der Waals surface area (Å²) in [6, 6.07) is 48.0. The van der Waals surface area contributed by atoms with Gasteiger partial charge in [0.2, 0.25) is 0 Å². The number of sulfonamides is 1. The van der Waals surface area contributed by atoms with Crippen molar-refractivity contribution < 1.29 is 50.7 Å². The van der Waals surface area contributed by atoms with E-state index in [-0.39, 0.29) is 43.9 Å². The number of nitrogens with zero attached hydrogens (tertiary/aromatic N) is 5. The third-order valence-electron chi connectivity index (χ3n) is 13.5. The van der Waals surface area contributed by atoms with Gasteiger partial charge in [0, 0.05) is 67.2 Å². The average molecular weight is 1550 g/mol. The second-order valence-corrected chi connectivity index (χ2v) is 26.1. The van der Waals surface area contributed by atoms with E-state index in [9.17, 15) is 17.6 Å². The number of aryl methyl sites for hydroxylation is 2. The molecule has 0 bridgehead atoms. The summed E-state index contributed by atoms with van der Waals surface area (Å²) >= 11 is 11.7. The second kappa shape index (κ2) is 43.2. The Kier molecular flexibility index (Phi) is 40.0. The predicted octanol–water partition coefficient (Wildman–Crippen LogP) is 19.4. The zero-order chi connectivity index (χ0) is 67.1. The number of ketones is 1. The van der Waals surface area contributed by atoms with Crippen LogP contribution in [0.2, 0.25) is 0 Å². The molecule has 12 nitrogen and oxygen atoms in total. The Hall–Kier alpha value is -4.75. The normalized spacial score (nSPS) is 13.4. The Balaban J connectivity index is 0.00000110. The molecule has 3 atom stereocenters. The number of hydrogen-bond acceptors (Lipinski definition) is 11. The SMILES string of the molecule is C.CC(=O)c1ncccc1Br.CC(C)c1ncccc1B1OC(C)(C)C(C)(C)O1.CC(C)c1ncccc1Br.C[C@H](O)c1ncccc1Br.Cc1ccc(C(C)C)cc1.Cc1ccc(S(=O)(=O)[N-][C@@H](c2ccccc2)[C@@H](N)c2ccccc2)cc1.[2H]CF.[CH3-].[Cl][Ru+2]. The predicted molar refractivity (Wildman–Crippen MR) is 380 cm³/mol. The molecule has 0 unspecified atom stereocenters. The Labute approximate surface area is 579 Å². The average Bonchev–Trinajstić information content (AvgIpc) is 1.66. The summed E-state index contributed by atoms with van der Waals surface area (Å²) in [7, 11) is -0.582. The van der Waals surface area contributed by atoms with Crippen LogP contribution >= 0.6 is 57.5 Å². The Morgan fingerprint density at radius 3 is 1.37 bits per heavy atom. The van der Waals surface area contributed by atoms with Gasteiger partial charge >= 0.3 is 34.1 Å². The number of aliphatic hydroxyl groups is 1. The zero-order valence-electron chi connectivity index (χ0n) is 54.5. The molecule has 0 spiro atoms. The molecular formula is C70H91BBr3ClFN6O6RuS. The fourth-order valence-electron chi connectivity index (χ4n) is 7.97. The van der Waals surface area contributed by atoms with Gasteiger partial charge in [-0.15, -0.1) is 0 Å². The fraction of sp³-hybridized carbons (Fsp3) is 0.343. The molecule has 20 heteroatoms. The van der Waals surface area contributed by atoms with Gasteiger partial charge in [-0.3, -0.25) is 29.1 Å². The molecule has 9 rings (SSSR count). The number of nitrogens with two attached hydrogens (primary N) is 1.